The van der Waals surface area contributed by atoms with Crippen molar-refractivity contribution in [2.24, 2.45) is 5.41 Å². The Kier molecular flexibility index (Phi) is 8.90. The Hall–Kier alpha value is -0.120. The van der Waals surface area contributed by atoms with Crippen LogP contribution < -0.4 is 0 Å². The van der Waals surface area contributed by atoms with Crippen LogP contribution in [0.25, 0.3) is 0 Å². The Morgan fingerprint density at radius 3 is 2.06 bits per heavy atom. The van der Waals surface area contributed by atoms with E-state index in [4.69, 9.17) is 10.2 Å². The van der Waals surface area contributed by atoms with Crippen molar-refractivity contribution < 1.29 is 10.2 Å². The largest absolute Gasteiger partial charge is 0.395 e. The maximum atomic E-state index is 9.02. The van der Waals surface area contributed by atoms with Crippen molar-refractivity contribution in [1.29, 1.82) is 0 Å². The molecule has 0 aromatic carbocycles. The van der Waals surface area contributed by atoms with Crippen LogP contribution in [0.5, 0.6) is 0 Å². The highest BCUT2D eigenvalue weighted by atomic mass is 16.3. The van der Waals surface area contributed by atoms with Crippen LogP contribution in [0.4, 0.5) is 0 Å². The predicted octanol–water partition coefficient (Wildman–Crippen LogP) is 2.23. The standard InChI is InChI=1S/C13H29NO2/c1-4-13(3,5-2)8-6-7-9-14(12-16)10-11-15/h15-16H,4-12H2,1-3H3. The summed E-state index contributed by atoms with van der Waals surface area (Å²) in [7, 11) is 0. The van der Waals surface area contributed by atoms with Gasteiger partial charge in [-0.1, -0.05) is 40.0 Å². The van der Waals surface area contributed by atoms with E-state index in [1.807, 2.05) is 4.90 Å². The number of hydrogen-bond donors (Lipinski definition) is 2. The summed E-state index contributed by atoms with van der Waals surface area (Å²) in [6, 6.07) is 0. The molecule has 0 amide bonds. The van der Waals surface area contributed by atoms with Crippen LogP contribution in [0.2, 0.25) is 0 Å². The summed E-state index contributed by atoms with van der Waals surface area (Å²) in [5.74, 6) is 0. The molecule has 16 heavy (non-hydrogen) atoms. The second-order valence-electron chi connectivity index (χ2n) is 4.96. The van der Waals surface area contributed by atoms with Crippen molar-refractivity contribution in [2.75, 3.05) is 26.4 Å². The van der Waals surface area contributed by atoms with Gasteiger partial charge in [-0.2, -0.15) is 0 Å². The summed E-state index contributed by atoms with van der Waals surface area (Å²) in [6.07, 6.45) is 6.06. The number of rotatable bonds is 10. The number of nitrogens with zero attached hydrogens (tertiary/aromatic N) is 1. The number of unbranched alkanes of at least 4 members (excludes halogenated alkanes) is 1. The highest BCUT2D eigenvalue weighted by Gasteiger charge is 2.18. The summed E-state index contributed by atoms with van der Waals surface area (Å²) in [5, 5.41) is 17.8. The lowest BCUT2D eigenvalue weighted by Crippen LogP contribution is -2.29. The van der Waals surface area contributed by atoms with Crippen LogP contribution in [-0.4, -0.2) is 41.5 Å². The molecule has 3 heteroatoms. The molecular weight excluding hydrogens is 202 g/mol. The minimum absolute atomic E-state index is 0.0549. The van der Waals surface area contributed by atoms with E-state index >= 15 is 0 Å². The van der Waals surface area contributed by atoms with Crippen LogP contribution in [0.15, 0.2) is 0 Å². The third-order valence-corrected chi connectivity index (χ3v) is 3.83. The minimum atomic E-state index is 0.0549. The molecule has 3 nitrogen and oxygen atoms in total. The molecule has 2 N–H and O–H groups in total. The number of aliphatic hydroxyl groups excluding tert-OH is 2. The normalized spacial score (nSPS) is 12.4. The molecular formula is C13H29NO2. The maximum Gasteiger partial charge on any atom is 0.0957 e. The molecule has 0 radical (unpaired) electrons. The van der Waals surface area contributed by atoms with Crippen molar-refractivity contribution in [3.63, 3.8) is 0 Å². The topological polar surface area (TPSA) is 43.7 Å². The predicted molar refractivity (Wildman–Crippen MR) is 68.3 cm³/mol. The lowest BCUT2D eigenvalue weighted by molar-refractivity contribution is 0.0849. The van der Waals surface area contributed by atoms with Gasteiger partial charge in [-0.25, -0.2) is 0 Å². The van der Waals surface area contributed by atoms with Crippen LogP contribution >= 0.6 is 0 Å². The lowest BCUT2D eigenvalue weighted by Gasteiger charge is -2.27. The average Bonchev–Trinajstić information content (AvgIpc) is 2.32. The number of aliphatic hydroxyl groups is 2. The van der Waals surface area contributed by atoms with E-state index in [0.717, 1.165) is 13.0 Å². The van der Waals surface area contributed by atoms with E-state index in [0.29, 0.717) is 12.0 Å². The van der Waals surface area contributed by atoms with Gasteiger partial charge in [-0.05, 0) is 18.3 Å². The second kappa shape index (κ2) is 8.97. The van der Waals surface area contributed by atoms with E-state index in [1.54, 1.807) is 0 Å². The highest BCUT2D eigenvalue weighted by molar-refractivity contribution is 4.70. The van der Waals surface area contributed by atoms with Gasteiger partial charge in [-0.15, -0.1) is 0 Å². The molecule has 0 aliphatic carbocycles. The molecule has 0 heterocycles. The smallest absolute Gasteiger partial charge is 0.0957 e. The summed E-state index contributed by atoms with van der Waals surface area (Å²) in [4.78, 5) is 1.88. The van der Waals surface area contributed by atoms with Crippen molar-refractivity contribution >= 4 is 0 Å². The molecule has 0 aromatic heterocycles. The van der Waals surface area contributed by atoms with Crippen molar-refractivity contribution in [3.05, 3.63) is 0 Å². The van der Waals surface area contributed by atoms with Gasteiger partial charge in [0.2, 0.25) is 0 Å². The minimum Gasteiger partial charge on any atom is -0.395 e. The van der Waals surface area contributed by atoms with Crippen molar-refractivity contribution in [2.45, 2.75) is 52.9 Å². The van der Waals surface area contributed by atoms with Gasteiger partial charge in [0.05, 0.1) is 13.3 Å². The van der Waals surface area contributed by atoms with Gasteiger partial charge in [0.1, 0.15) is 0 Å². The van der Waals surface area contributed by atoms with Gasteiger partial charge in [0.15, 0.2) is 0 Å². The van der Waals surface area contributed by atoms with Crippen molar-refractivity contribution in [3.8, 4) is 0 Å². The van der Waals surface area contributed by atoms with Crippen LogP contribution in [0, 0.1) is 5.41 Å². The molecule has 0 bridgehead atoms. The molecule has 0 aliphatic heterocycles. The third-order valence-electron chi connectivity index (χ3n) is 3.83. The molecule has 0 saturated carbocycles. The van der Waals surface area contributed by atoms with Crippen LogP contribution in [0.1, 0.15) is 52.9 Å². The molecule has 0 aromatic rings. The Labute approximate surface area is 100 Å². The summed E-state index contributed by atoms with van der Waals surface area (Å²) in [5.41, 5.74) is 0.487. The summed E-state index contributed by atoms with van der Waals surface area (Å²) >= 11 is 0. The molecule has 0 spiro atoms. The first-order valence-electron chi connectivity index (χ1n) is 6.56. The Bertz CT molecular complexity index is 158. The zero-order valence-corrected chi connectivity index (χ0v) is 11.2. The Morgan fingerprint density at radius 2 is 1.62 bits per heavy atom. The first-order valence-corrected chi connectivity index (χ1v) is 6.56. The first-order chi connectivity index (χ1) is 7.61. The SMILES string of the molecule is CCC(C)(CC)CCCCN(CO)CCO. The monoisotopic (exact) mass is 231 g/mol. The first kappa shape index (κ1) is 15.9. The van der Waals surface area contributed by atoms with Crippen LogP contribution in [0.3, 0.4) is 0 Å². The maximum absolute atomic E-state index is 9.02. The lowest BCUT2D eigenvalue weighted by atomic mass is 9.80. The quantitative estimate of drug-likeness (QED) is 0.447. The van der Waals surface area contributed by atoms with E-state index in [2.05, 4.69) is 20.8 Å². The molecule has 0 saturated heterocycles. The fourth-order valence-corrected chi connectivity index (χ4v) is 1.89. The van der Waals surface area contributed by atoms with Crippen molar-refractivity contribution in [1.82, 2.24) is 4.90 Å². The zero-order valence-electron chi connectivity index (χ0n) is 11.2. The van der Waals surface area contributed by atoms with Crippen LogP contribution in [-0.2, 0) is 0 Å². The van der Waals surface area contributed by atoms with Gasteiger partial charge >= 0.3 is 0 Å². The van der Waals surface area contributed by atoms with Gasteiger partial charge in [0, 0.05) is 13.1 Å². The number of hydrogen-bond acceptors (Lipinski definition) is 3. The fraction of sp³-hybridized carbons (Fsp3) is 1.00. The molecule has 0 rings (SSSR count). The molecule has 0 atom stereocenters. The van der Waals surface area contributed by atoms with E-state index < -0.39 is 0 Å². The van der Waals surface area contributed by atoms with Gasteiger partial charge in [-0.3, -0.25) is 4.90 Å². The van der Waals surface area contributed by atoms with Gasteiger partial charge in [0.25, 0.3) is 0 Å². The highest BCUT2D eigenvalue weighted by Crippen LogP contribution is 2.31. The average molecular weight is 231 g/mol. The molecule has 0 fully saturated rings. The molecule has 0 unspecified atom stereocenters. The third kappa shape index (κ3) is 6.46. The Morgan fingerprint density at radius 1 is 1.00 bits per heavy atom. The Balaban J connectivity index is 3.65. The summed E-state index contributed by atoms with van der Waals surface area (Å²) in [6.45, 7) is 8.52. The van der Waals surface area contributed by atoms with E-state index in [1.165, 1.54) is 25.7 Å². The zero-order chi connectivity index (χ0) is 12.4. The van der Waals surface area contributed by atoms with Gasteiger partial charge < -0.3 is 10.2 Å². The summed E-state index contributed by atoms with van der Waals surface area (Å²) < 4.78 is 0. The molecule has 0 aliphatic rings. The van der Waals surface area contributed by atoms with E-state index in [9.17, 15) is 0 Å². The second-order valence-corrected chi connectivity index (χ2v) is 4.96. The van der Waals surface area contributed by atoms with E-state index in [-0.39, 0.29) is 13.3 Å². The molecule has 98 valence electrons. The fourth-order valence-electron chi connectivity index (χ4n) is 1.89.